The van der Waals surface area contributed by atoms with E-state index < -0.39 is 0 Å². The Morgan fingerprint density at radius 3 is 0.839 bits per heavy atom. The van der Waals surface area contributed by atoms with Crippen LogP contribution in [-0.4, -0.2) is 11.5 Å². The fraction of sp³-hybridized carbons (Fsp3) is 0.462. The van der Waals surface area contributed by atoms with Crippen molar-refractivity contribution in [3.8, 4) is 0 Å². The molecular formula is C52H74S4. The molecule has 0 spiro atoms. The molecule has 56 heavy (non-hydrogen) atoms. The quantitative estimate of drug-likeness (QED) is 0.0422. The Hall–Kier alpha value is -2.50. The number of rotatable bonds is 31. The number of allylic oxidation sites excluding steroid dienone is 18. The highest BCUT2D eigenvalue weighted by atomic mass is 32.2. The normalized spacial score (nSPS) is 13.2. The summed E-state index contributed by atoms with van der Waals surface area (Å²) in [6, 6.07) is 0. The molecule has 0 aromatic carbocycles. The van der Waals surface area contributed by atoms with Gasteiger partial charge in [0.05, 0.1) is 8.42 Å². The highest BCUT2D eigenvalue weighted by Gasteiger charge is 2.17. The lowest BCUT2D eigenvalue weighted by molar-refractivity contribution is 0.755. The summed E-state index contributed by atoms with van der Waals surface area (Å²) in [5, 5.41) is 0. The smallest absolute Gasteiger partial charge is 0.0639 e. The molecule has 306 valence electrons. The van der Waals surface area contributed by atoms with Crippen molar-refractivity contribution < 1.29 is 0 Å². The largest absolute Gasteiger partial charge is 0.129 e. The maximum absolute atomic E-state index is 2.34. The van der Waals surface area contributed by atoms with Gasteiger partial charge in [-0.1, -0.05) is 189 Å². The van der Waals surface area contributed by atoms with Crippen molar-refractivity contribution in [3.63, 3.8) is 0 Å². The van der Waals surface area contributed by atoms with Crippen molar-refractivity contribution in [2.45, 2.75) is 153 Å². The lowest BCUT2D eigenvalue weighted by Crippen LogP contribution is -1.94. The van der Waals surface area contributed by atoms with Gasteiger partial charge in [-0.25, -0.2) is 0 Å². The fourth-order valence-electron chi connectivity index (χ4n) is 5.89. The first-order valence-electron chi connectivity index (χ1n) is 21.9. The van der Waals surface area contributed by atoms with E-state index in [4.69, 9.17) is 0 Å². The van der Waals surface area contributed by atoms with Crippen LogP contribution in [0.25, 0.3) is 12.2 Å². The van der Waals surface area contributed by atoms with E-state index in [1.54, 1.807) is 30.7 Å². The molecular weight excluding hydrogens is 753 g/mol. The molecule has 0 nitrogen and oxygen atoms in total. The first-order chi connectivity index (χ1) is 27.6. The predicted molar refractivity (Wildman–Crippen MR) is 266 cm³/mol. The summed E-state index contributed by atoms with van der Waals surface area (Å²) in [6.45, 7) is 13.8. The fourth-order valence-corrected chi connectivity index (χ4v) is 11.5. The summed E-state index contributed by atoms with van der Waals surface area (Å²) in [7, 11) is 0. The zero-order valence-corrected chi connectivity index (χ0v) is 39.2. The number of thioether (sulfide) groups is 2. The van der Waals surface area contributed by atoms with Gasteiger partial charge in [-0.2, -0.15) is 0 Å². The highest BCUT2D eigenvalue weighted by Crippen LogP contribution is 2.40. The lowest BCUT2D eigenvalue weighted by Gasteiger charge is -2.07. The minimum atomic E-state index is 1.20. The van der Waals surface area contributed by atoms with Gasteiger partial charge >= 0.3 is 0 Å². The molecule has 2 aromatic rings. The van der Waals surface area contributed by atoms with Crippen LogP contribution in [0.4, 0.5) is 0 Å². The van der Waals surface area contributed by atoms with Crippen LogP contribution >= 0.6 is 46.2 Å². The molecule has 0 aliphatic heterocycles. The van der Waals surface area contributed by atoms with Crippen molar-refractivity contribution in [1.29, 1.82) is 0 Å². The Morgan fingerprint density at radius 2 is 0.571 bits per heavy atom. The molecule has 0 saturated heterocycles. The molecule has 0 N–H and O–H groups in total. The van der Waals surface area contributed by atoms with Crippen LogP contribution in [0.15, 0.2) is 118 Å². The molecule has 0 radical (unpaired) electrons. The number of hydrogen-bond acceptors (Lipinski definition) is 4. The van der Waals surface area contributed by atoms with Gasteiger partial charge in [0, 0.05) is 9.75 Å². The van der Waals surface area contributed by atoms with Crippen molar-refractivity contribution in [2.24, 2.45) is 0 Å². The van der Waals surface area contributed by atoms with Crippen molar-refractivity contribution >= 4 is 58.3 Å². The summed E-state index contributed by atoms with van der Waals surface area (Å²) < 4.78 is 3.14. The minimum absolute atomic E-state index is 1.20. The second-order valence-corrected chi connectivity index (χ2v) is 18.9. The van der Waals surface area contributed by atoms with Crippen LogP contribution in [0.1, 0.15) is 151 Å². The van der Waals surface area contributed by atoms with Crippen LogP contribution in [-0.2, 0) is 25.7 Å². The number of unbranched alkanes of at least 4 members (excludes halogenated alkanes) is 6. The highest BCUT2D eigenvalue weighted by molar-refractivity contribution is 8.01. The summed E-state index contributed by atoms with van der Waals surface area (Å²) in [6.07, 6.45) is 62.6. The third kappa shape index (κ3) is 21.3. The van der Waals surface area contributed by atoms with E-state index in [-0.39, 0.29) is 0 Å². The summed E-state index contributed by atoms with van der Waals surface area (Å²) >= 11 is 8.22. The van der Waals surface area contributed by atoms with Gasteiger partial charge in [-0.3, -0.25) is 0 Å². The molecule has 0 saturated carbocycles. The first kappa shape index (κ1) is 49.6. The summed E-state index contributed by atoms with van der Waals surface area (Å²) in [4.78, 5) is 2.93. The maximum atomic E-state index is 2.34. The average molecular weight is 827 g/mol. The van der Waals surface area contributed by atoms with Crippen LogP contribution in [0.3, 0.4) is 0 Å². The lowest BCUT2D eigenvalue weighted by atomic mass is 10.0. The van der Waals surface area contributed by atoms with E-state index in [2.05, 4.69) is 187 Å². The minimum Gasteiger partial charge on any atom is -0.129 e. The van der Waals surface area contributed by atoms with E-state index in [9.17, 15) is 0 Å². The first-order valence-corrected chi connectivity index (χ1v) is 25.5. The SMILES string of the molecule is CCCCSc1sc(/C=C/C=C/C=C/C=C/C=C/C=C/C=C/C=C/C=C/C=C/c2sc(SCCCC)c(CCCC)c2CCCC)c(CCCC)c1CCCC. The van der Waals surface area contributed by atoms with Gasteiger partial charge in [-0.15, -0.1) is 46.2 Å². The Kier molecular flexibility index (Phi) is 30.6. The molecule has 0 aliphatic carbocycles. The van der Waals surface area contributed by atoms with E-state index in [1.807, 2.05) is 22.7 Å². The number of thiophene rings is 2. The summed E-state index contributed by atoms with van der Waals surface area (Å²) in [5.41, 5.74) is 6.52. The number of hydrogen-bond donors (Lipinski definition) is 0. The molecule has 0 unspecified atom stereocenters. The third-order valence-corrected chi connectivity index (χ3v) is 14.5. The van der Waals surface area contributed by atoms with E-state index in [0.717, 1.165) is 0 Å². The zero-order chi connectivity index (χ0) is 40.3. The van der Waals surface area contributed by atoms with E-state index in [0.29, 0.717) is 0 Å². The molecule has 0 bridgehead atoms. The molecule has 0 amide bonds. The topological polar surface area (TPSA) is 0 Å². The standard InChI is InChI=1S/C52H74S4/c1-7-13-37-45-47(39-15-9-3)51(53-43-17-11-5)55-49(45)41-35-33-31-29-27-25-23-21-19-20-22-24-26-28-30-32-34-36-42-50-46(38-14-8-2)48(40-16-10-4)52(56-50)54-44-18-12-6/h19-36,41-42H,7-18,37-40,43-44H2,1-6H3/b21-19+,22-20+,25-23+,26-24+,29-27+,30-28+,33-31+,34-32+,41-35+,42-36+. The van der Waals surface area contributed by atoms with Gasteiger partial charge in [-0.05, 0) is 110 Å². The van der Waals surface area contributed by atoms with Gasteiger partial charge in [0.25, 0.3) is 0 Å². The van der Waals surface area contributed by atoms with Gasteiger partial charge in [0.1, 0.15) is 0 Å². The molecule has 0 fully saturated rings. The molecule has 4 heteroatoms. The summed E-state index contributed by atoms with van der Waals surface area (Å²) in [5.74, 6) is 2.47. The Labute approximate surface area is 361 Å². The monoisotopic (exact) mass is 826 g/mol. The van der Waals surface area contributed by atoms with E-state index >= 15 is 0 Å². The Morgan fingerprint density at radius 1 is 0.321 bits per heavy atom. The third-order valence-electron chi connectivity index (χ3n) is 9.19. The molecule has 2 rings (SSSR count). The van der Waals surface area contributed by atoms with Crippen LogP contribution in [0.2, 0.25) is 0 Å². The average Bonchev–Trinajstić information content (AvgIpc) is 3.71. The second-order valence-electron chi connectivity index (χ2n) is 14.0. The van der Waals surface area contributed by atoms with E-state index in [1.165, 1.54) is 124 Å². The molecule has 2 aromatic heterocycles. The molecule has 0 atom stereocenters. The van der Waals surface area contributed by atoms with Crippen molar-refractivity contribution in [3.05, 3.63) is 141 Å². The Balaban J connectivity index is 1.84. The second kappa shape index (κ2) is 34.5. The van der Waals surface area contributed by atoms with Gasteiger partial charge in [0.2, 0.25) is 0 Å². The van der Waals surface area contributed by atoms with Crippen LogP contribution < -0.4 is 0 Å². The van der Waals surface area contributed by atoms with Gasteiger partial charge < -0.3 is 0 Å². The van der Waals surface area contributed by atoms with Gasteiger partial charge in [0.15, 0.2) is 0 Å². The molecule has 2 heterocycles. The maximum Gasteiger partial charge on any atom is 0.0639 e. The van der Waals surface area contributed by atoms with Crippen molar-refractivity contribution in [2.75, 3.05) is 11.5 Å². The zero-order valence-electron chi connectivity index (χ0n) is 35.9. The molecule has 0 aliphatic rings. The Bertz CT molecular complexity index is 1490. The van der Waals surface area contributed by atoms with Crippen LogP contribution in [0, 0.1) is 0 Å². The van der Waals surface area contributed by atoms with Crippen LogP contribution in [0.5, 0.6) is 0 Å². The predicted octanol–water partition coefficient (Wildman–Crippen LogP) is 18.1. The van der Waals surface area contributed by atoms with Crippen molar-refractivity contribution in [1.82, 2.24) is 0 Å².